The van der Waals surface area contributed by atoms with E-state index < -0.39 is 5.63 Å². The SMILES string of the molecule is Cc1ccc(C2C=C(c3ccccc3)Oc3c2c(=O)oc2ccc(Cl)cc32)cc1. The molecule has 3 nitrogen and oxygen atoms in total. The van der Waals surface area contributed by atoms with Crippen molar-refractivity contribution in [2.75, 3.05) is 0 Å². The summed E-state index contributed by atoms with van der Waals surface area (Å²) >= 11 is 6.24. The van der Waals surface area contributed by atoms with Crippen molar-refractivity contribution in [1.29, 1.82) is 0 Å². The quantitative estimate of drug-likeness (QED) is 0.369. The van der Waals surface area contributed by atoms with Gasteiger partial charge in [-0.1, -0.05) is 71.8 Å². The van der Waals surface area contributed by atoms with Crippen molar-refractivity contribution in [1.82, 2.24) is 0 Å². The standard InChI is InChI=1S/C25H17ClO3/c1-15-7-9-16(10-8-15)19-14-22(17-5-3-2-4-6-17)28-24-20-13-18(26)11-12-21(20)29-25(27)23(19)24/h2-14,19H,1H3. The second kappa shape index (κ2) is 6.94. The first kappa shape index (κ1) is 17.8. The fourth-order valence-electron chi connectivity index (χ4n) is 3.71. The molecule has 0 radical (unpaired) electrons. The maximum Gasteiger partial charge on any atom is 0.344 e. The fraction of sp³-hybridized carbons (Fsp3) is 0.0800. The number of hydrogen-bond acceptors (Lipinski definition) is 3. The number of benzene rings is 3. The third-order valence-electron chi connectivity index (χ3n) is 5.19. The van der Waals surface area contributed by atoms with Crippen molar-refractivity contribution in [3.8, 4) is 5.75 Å². The van der Waals surface area contributed by atoms with E-state index in [2.05, 4.69) is 0 Å². The number of rotatable bonds is 2. The lowest BCUT2D eigenvalue weighted by atomic mass is 9.87. The summed E-state index contributed by atoms with van der Waals surface area (Å²) in [5.74, 6) is 0.926. The summed E-state index contributed by atoms with van der Waals surface area (Å²) in [6.07, 6.45) is 1.98. The second-order valence-corrected chi connectivity index (χ2v) is 7.60. The van der Waals surface area contributed by atoms with Crippen LogP contribution in [0.15, 0.2) is 88.1 Å². The fourth-order valence-corrected chi connectivity index (χ4v) is 3.88. The zero-order chi connectivity index (χ0) is 20.0. The third-order valence-corrected chi connectivity index (χ3v) is 5.42. The zero-order valence-corrected chi connectivity index (χ0v) is 16.4. The molecule has 0 spiro atoms. The van der Waals surface area contributed by atoms with Crippen molar-refractivity contribution < 1.29 is 9.15 Å². The minimum atomic E-state index is -0.399. The summed E-state index contributed by atoms with van der Waals surface area (Å²) in [6, 6.07) is 23.2. The van der Waals surface area contributed by atoms with Gasteiger partial charge in [-0.25, -0.2) is 4.79 Å². The molecule has 0 bridgehead atoms. The van der Waals surface area contributed by atoms with Crippen LogP contribution >= 0.6 is 11.6 Å². The molecular formula is C25H17ClO3. The Hall–Kier alpha value is -3.30. The highest BCUT2D eigenvalue weighted by Crippen LogP contribution is 2.43. The normalized spacial score (nSPS) is 15.5. The van der Waals surface area contributed by atoms with Crippen LogP contribution in [0.1, 0.15) is 28.2 Å². The van der Waals surface area contributed by atoms with Gasteiger partial charge in [0.05, 0.1) is 10.9 Å². The van der Waals surface area contributed by atoms with E-state index in [-0.39, 0.29) is 5.92 Å². The molecule has 0 saturated carbocycles. The van der Waals surface area contributed by atoms with E-state index in [1.165, 1.54) is 0 Å². The van der Waals surface area contributed by atoms with Gasteiger partial charge in [-0.2, -0.15) is 0 Å². The lowest BCUT2D eigenvalue weighted by Gasteiger charge is -2.25. The number of hydrogen-bond donors (Lipinski definition) is 0. The molecule has 1 atom stereocenters. The highest BCUT2D eigenvalue weighted by Gasteiger charge is 2.30. The summed E-state index contributed by atoms with van der Waals surface area (Å²) < 4.78 is 11.9. The molecule has 0 N–H and O–H groups in total. The van der Waals surface area contributed by atoms with E-state index >= 15 is 0 Å². The molecule has 1 aliphatic heterocycles. The van der Waals surface area contributed by atoms with Gasteiger partial charge in [0, 0.05) is 16.5 Å². The first-order valence-electron chi connectivity index (χ1n) is 9.38. The molecule has 2 heterocycles. The highest BCUT2D eigenvalue weighted by molar-refractivity contribution is 6.31. The summed E-state index contributed by atoms with van der Waals surface area (Å²) in [5, 5.41) is 1.24. The van der Waals surface area contributed by atoms with Crippen molar-refractivity contribution in [2.45, 2.75) is 12.8 Å². The van der Waals surface area contributed by atoms with Crippen LogP contribution in [-0.2, 0) is 0 Å². The molecule has 0 fully saturated rings. The molecule has 0 saturated heterocycles. The van der Waals surface area contributed by atoms with Crippen LogP contribution in [0.5, 0.6) is 5.75 Å². The Labute approximate surface area is 172 Å². The van der Waals surface area contributed by atoms with Gasteiger partial charge in [-0.3, -0.25) is 0 Å². The van der Waals surface area contributed by atoms with Gasteiger partial charge in [-0.15, -0.1) is 0 Å². The summed E-state index contributed by atoms with van der Waals surface area (Å²) in [5.41, 5.74) is 3.65. The third kappa shape index (κ3) is 3.14. The first-order chi connectivity index (χ1) is 14.1. The van der Waals surface area contributed by atoms with Crippen LogP contribution in [0.3, 0.4) is 0 Å². The van der Waals surface area contributed by atoms with E-state index in [0.717, 1.165) is 16.7 Å². The van der Waals surface area contributed by atoms with Gasteiger partial charge in [0.2, 0.25) is 0 Å². The molecular weight excluding hydrogens is 384 g/mol. The predicted octanol–water partition coefficient (Wildman–Crippen LogP) is 6.32. The summed E-state index contributed by atoms with van der Waals surface area (Å²) in [7, 11) is 0. The Balaban J connectivity index is 1.80. The lowest BCUT2D eigenvalue weighted by molar-refractivity contribution is 0.472. The van der Waals surface area contributed by atoms with Gasteiger partial charge in [0.1, 0.15) is 17.1 Å². The van der Waals surface area contributed by atoms with Crippen molar-refractivity contribution in [2.24, 2.45) is 0 Å². The van der Waals surface area contributed by atoms with Crippen LogP contribution in [-0.4, -0.2) is 0 Å². The smallest absolute Gasteiger partial charge is 0.344 e. The number of aryl methyl sites for hydroxylation is 1. The monoisotopic (exact) mass is 400 g/mol. The Morgan fingerprint density at radius 2 is 1.69 bits per heavy atom. The van der Waals surface area contributed by atoms with Crippen molar-refractivity contribution in [3.63, 3.8) is 0 Å². The summed E-state index contributed by atoms with van der Waals surface area (Å²) in [6.45, 7) is 2.04. The van der Waals surface area contributed by atoms with Crippen molar-refractivity contribution in [3.05, 3.63) is 117 Å². The highest BCUT2D eigenvalue weighted by atomic mass is 35.5. The minimum Gasteiger partial charge on any atom is -0.456 e. The molecule has 1 aromatic heterocycles. The molecule has 5 rings (SSSR count). The number of halogens is 1. The Morgan fingerprint density at radius 3 is 2.45 bits per heavy atom. The minimum absolute atomic E-state index is 0.283. The topological polar surface area (TPSA) is 39.4 Å². The molecule has 0 amide bonds. The zero-order valence-electron chi connectivity index (χ0n) is 15.7. The number of fused-ring (bicyclic) bond motifs is 3. The van der Waals surface area contributed by atoms with Crippen LogP contribution in [0.4, 0.5) is 0 Å². The van der Waals surface area contributed by atoms with Crippen LogP contribution in [0, 0.1) is 6.92 Å². The van der Waals surface area contributed by atoms with Crippen LogP contribution in [0.2, 0.25) is 5.02 Å². The van der Waals surface area contributed by atoms with E-state index in [0.29, 0.717) is 33.1 Å². The van der Waals surface area contributed by atoms with Gasteiger partial charge < -0.3 is 9.15 Å². The Kier molecular flexibility index (Phi) is 4.26. The van der Waals surface area contributed by atoms with Gasteiger partial charge in [0.15, 0.2) is 0 Å². The number of allylic oxidation sites excluding steroid dienone is 1. The van der Waals surface area contributed by atoms with Gasteiger partial charge in [0.25, 0.3) is 0 Å². The molecule has 0 aliphatic carbocycles. The molecule has 1 aliphatic rings. The molecule has 142 valence electrons. The van der Waals surface area contributed by atoms with E-state index in [1.807, 2.05) is 67.6 Å². The molecule has 29 heavy (non-hydrogen) atoms. The molecule has 4 heteroatoms. The lowest BCUT2D eigenvalue weighted by Crippen LogP contribution is -2.19. The molecule has 1 unspecified atom stereocenters. The van der Waals surface area contributed by atoms with Crippen LogP contribution in [0.25, 0.3) is 16.7 Å². The van der Waals surface area contributed by atoms with E-state index in [9.17, 15) is 4.79 Å². The second-order valence-electron chi connectivity index (χ2n) is 7.16. The Morgan fingerprint density at radius 1 is 0.931 bits per heavy atom. The van der Waals surface area contributed by atoms with Crippen molar-refractivity contribution >= 4 is 28.3 Å². The van der Waals surface area contributed by atoms with Crippen LogP contribution < -0.4 is 10.4 Å². The number of ether oxygens (including phenoxy) is 1. The Bertz CT molecular complexity index is 1300. The molecule has 4 aromatic rings. The van der Waals surface area contributed by atoms with E-state index in [1.54, 1.807) is 18.2 Å². The maximum absolute atomic E-state index is 12.9. The summed E-state index contributed by atoms with van der Waals surface area (Å²) in [4.78, 5) is 12.9. The first-order valence-corrected chi connectivity index (χ1v) is 9.76. The van der Waals surface area contributed by atoms with Gasteiger partial charge in [-0.05, 0) is 36.8 Å². The molecule has 3 aromatic carbocycles. The largest absolute Gasteiger partial charge is 0.456 e. The predicted molar refractivity (Wildman–Crippen MR) is 116 cm³/mol. The average molecular weight is 401 g/mol. The van der Waals surface area contributed by atoms with E-state index in [4.69, 9.17) is 20.8 Å². The maximum atomic E-state index is 12.9. The van der Waals surface area contributed by atoms with Gasteiger partial charge >= 0.3 is 5.63 Å². The average Bonchev–Trinajstić information content (AvgIpc) is 2.75.